The first-order valence-corrected chi connectivity index (χ1v) is 17.3. The number of hydrogen-bond acceptors (Lipinski definition) is 2. The second-order valence-corrected chi connectivity index (χ2v) is 15.1. The molecule has 5 heteroatoms. The average Bonchev–Trinajstić information content (AvgIpc) is 3.48. The zero-order valence-electron chi connectivity index (χ0n) is 29.8. The van der Waals surface area contributed by atoms with Crippen molar-refractivity contribution in [3.8, 4) is 34.1 Å². The van der Waals surface area contributed by atoms with Crippen LogP contribution < -0.4 is 9.30 Å². The molecule has 3 heterocycles. The minimum Gasteiger partial charge on any atom is -0.523 e. The number of pyridine rings is 1. The van der Waals surface area contributed by atoms with Crippen LogP contribution in [0.2, 0.25) is 0 Å². The van der Waals surface area contributed by atoms with Gasteiger partial charge in [-0.2, -0.15) is 11.6 Å². The predicted molar refractivity (Wildman–Crippen MR) is 195 cm³/mol. The number of benzene rings is 4. The number of aromatic nitrogens is 3. The summed E-state index contributed by atoms with van der Waals surface area (Å²) in [5, 5.41) is 0. The topological polar surface area (TPSA) is 30.9 Å². The number of nitrogens with zero attached hydrogens (tertiary/aromatic N) is 3. The molecule has 2 aromatic heterocycles. The molecule has 0 amide bonds. The second-order valence-electron chi connectivity index (χ2n) is 15.1. The summed E-state index contributed by atoms with van der Waals surface area (Å²) in [5.74, 6) is 2.55. The monoisotopic (exact) mass is 824 g/mol. The first kappa shape index (κ1) is 34.8. The fraction of sp³-hybridized carbons (Fsp3) is 0.318. The van der Waals surface area contributed by atoms with Crippen LogP contribution in [0, 0.1) is 18.5 Å². The Morgan fingerprint density at radius 2 is 1.49 bits per heavy atom. The SMILES string of the molecule is CC(C)c1cccc(C(C)C)c1-n1[c-][n+]2c3c(cccc31)Oc1cc3c([c-]c1-2)C(C)(C)CCC3(C)C.[Ir+3].[c-]1ccccc1-c1ccccn1. The average molecular weight is 824 g/mol. The molecule has 0 bridgehead atoms. The molecular weight excluding hydrogens is 779 g/mol. The number of para-hydroxylation sites is 2. The molecule has 0 spiro atoms. The molecule has 0 radical (unpaired) electrons. The van der Waals surface area contributed by atoms with Gasteiger partial charge in [0, 0.05) is 11.9 Å². The first-order chi connectivity index (χ1) is 23.0. The van der Waals surface area contributed by atoms with E-state index in [2.05, 4.69) is 130 Å². The molecule has 0 saturated heterocycles. The molecule has 0 unspecified atom stereocenters. The Bertz CT molecular complexity index is 2050. The van der Waals surface area contributed by atoms with Gasteiger partial charge >= 0.3 is 20.1 Å². The van der Waals surface area contributed by atoms with Crippen molar-refractivity contribution < 1.29 is 29.4 Å². The van der Waals surface area contributed by atoms with Crippen LogP contribution in [0.15, 0.2) is 91.1 Å². The normalized spacial score (nSPS) is 15.1. The Morgan fingerprint density at radius 3 is 2.14 bits per heavy atom. The van der Waals surface area contributed by atoms with E-state index >= 15 is 0 Å². The van der Waals surface area contributed by atoms with Crippen LogP contribution in [0.1, 0.15) is 102 Å². The summed E-state index contributed by atoms with van der Waals surface area (Å²) >= 11 is 0. The van der Waals surface area contributed by atoms with Gasteiger partial charge in [0.2, 0.25) is 0 Å². The van der Waals surface area contributed by atoms with Crippen LogP contribution in [0.4, 0.5) is 0 Å². The van der Waals surface area contributed by atoms with Crippen molar-refractivity contribution in [1.82, 2.24) is 9.55 Å². The summed E-state index contributed by atoms with van der Waals surface area (Å²) in [5.41, 5.74) is 11.9. The van der Waals surface area contributed by atoms with Gasteiger partial charge in [-0.15, -0.1) is 47.5 Å². The predicted octanol–water partition coefficient (Wildman–Crippen LogP) is 10.8. The number of imidazole rings is 1. The third kappa shape index (κ3) is 6.28. The molecule has 8 rings (SSSR count). The fourth-order valence-electron chi connectivity index (χ4n) is 7.21. The number of fused-ring (bicyclic) bond motifs is 3. The van der Waals surface area contributed by atoms with Crippen LogP contribution in [0.25, 0.3) is 33.7 Å². The van der Waals surface area contributed by atoms with Gasteiger partial charge in [0.1, 0.15) is 11.3 Å². The Kier molecular flexibility index (Phi) is 9.48. The van der Waals surface area contributed by atoms with E-state index in [9.17, 15) is 0 Å². The van der Waals surface area contributed by atoms with Gasteiger partial charge in [-0.1, -0.05) is 110 Å². The van der Waals surface area contributed by atoms with Crippen molar-refractivity contribution >= 4 is 11.0 Å². The minimum absolute atomic E-state index is 0. The third-order valence-corrected chi connectivity index (χ3v) is 10.1. The van der Waals surface area contributed by atoms with E-state index in [0.717, 1.165) is 45.9 Å². The van der Waals surface area contributed by atoms with Crippen molar-refractivity contribution in [2.24, 2.45) is 0 Å². The number of ether oxygens (including phenoxy) is 1. The first-order valence-electron chi connectivity index (χ1n) is 17.3. The summed E-state index contributed by atoms with van der Waals surface area (Å²) in [4.78, 5) is 4.22. The maximum absolute atomic E-state index is 6.60. The van der Waals surface area contributed by atoms with Crippen molar-refractivity contribution in [3.05, 3.63) is 132 Å². The molecule has 49 heavy (non-hydrogen) atoms. The van der Waals surface area contributed by atoms with Gasteiger partial charge in [0.05, 0.1) is 11.2 Å². The Labute approximate surface area is 305 Å². The summed E-state index contributed by atoms with van der Waals surface area (Å²) < 4.78 is 11.1. The Balaban J connectivity index is 0.000000270. The van der Waals surface area contributed by atoms with Crippen molar-refractivity contribution in [2.45, 2.75) is 90.9 Å². The molecule has 1 aliphatic heterocycles. The molecule has 250 valence electrons. The molecule has 4 nitrogen and oxygen atoms in total. The smallest absolute Gasteiger partial charge is 0.523 e. The van der Waals surface area contributed by atoms with E-state index in [0.29, 0.717) is 11.8 Å². The van der Waals surface area contributed by atoms with Crippen LogP contribution in [0.5, 0.6) is 11.5 Å². The summed E-state index contributed by atoms with van der Waals surface area (Å²) in [6, 6.07) is 36.0. The van der Waals surface area contributed by atoms with E-state index in [1.54, 1.807) is 6.20 Å². The van der Waals surface area contributed by atoms with Gasteiger partial charge in [0.15, 0.2) is 0 Å². The van der Waals surface area contributed by atoms with E-state index < -0.39 is 0 Å². The number of rotatable bonds is 4. The number of hydrogen-bond donors (Lipinski definition) is 0. The summed E-state index contributed by atoms with van der Waals surface area (Å²) in [6.45, 7) is 18.5. The van der Waals surface area contributed by atoms with Crippen LogP contribution in [-0.2, 0) is 30.9 Å². The summed E-state index contributed by atoms with van der Waals surface area (Å²) in [6.07, 6.45) is 7.88. The van der Waals surface area contributed by atoms with Crippen molar-refractivity contribution in [3.63, 3.8) is 0 Å². The summed E-state index contributed by atoms with van der Waals surface area (Å²) in [7, 11) is 0. The quantitative estimate of drug-likeness (QED) is 0.131. The van der Waals surface area contributed by atoms with Gasteiger partial charge in [-0.05, 0) is 58.3 Å². The molecule has 2 aliphatic rings. The largest absolute Gasteiger partial charge is 3.00 e. The van der Waals surface area contributed by atoms with E-state index in [1.165, 1.54) is 34.4 Å². The maximum Gasteiger partial charge on any atom is 3.00 e. The molecule has 6 aromatic rings. The van der Waals surface area contributed by atoms with Crippen molar-refractivity contribution in [1.29, 1.82) is 0 Å². The van der Waals surface area contributed by atoms with E-state index in [4.69, 9.17) is 4.74 Å². The van der Waals surface area contributed by atoms with E-state index in [1.807, 2.05) is 42.5 Å². The maximum atomic E-state index is 6.60. The second kappa shape index (κ2) is 13.3. The third-order valence-electron chi connectivity index (χ3n) is 10.1. The van der Waals surface area contributed by atoms with Crippen molar-refractivity contribution in [2.75, 3.05) is 0 Å². The molecule has 0 atom stereocenters. The molecule has 1 aliphatic carbocycles. The Hall–Kier alpha value is -4.05. The van der Waals surface area contributed by atoms with Gasteiger partial charge in [-0.25, -0.2) is 0 Å². The van der Waals surface area contributed by atoms with Gasteiger partial charge < -0.3 is 14.3 Å². The molecule has 0 saturated carbocycles. The molecular formula is C44H45IrN3O+. The minimum atomic E-state index is 0. The molecule has 0 N–H and O–H groups in total. The van der Waals surface area contributed by atoms with Crippen LogP contribution >= 0.6 is 0 Å². The van der Waals surface area contributed by atoms with Crippen LogP contribution in [-0.4, -0.2) is 9.55 Å². The van der Waals surface area contributed by atoms with Gasteiger partial charge in [-0.3, -0.25) is 4.57 Å². The van der Waals surface area contributed by atoms with Gasteiger partial charge in [0.25, 0.3) is 6.33 Å². The van der Waals surface area contributed by atoms with Crippen LogP contribution in [0.3, 0.4) is 0 Å². The Morgan fingerprint density at radius 1 is 0.796 bits per heavy atom. The zero-order chi connectivity index (χ0) is 33.8. The molecule has 0 fully saturated rings. The standard InChI is InChI=1S/C33H37N2O.C11H8N.Ir/c1-20(2)22-11-9-12-23(21(3)4)30(22)34-19-35-27-17-24-25(33(7,8)16-15-32(24,5)6)18-29(27)36-28-14-10-13-26(34)31(28)35;1-2-6-10(7-3-1)11-8-4-5-9-12-11;/h9-14,18,20-21H,15-16H2,1-8H3;1-6,8-9H;/q2*-1;+3. The van der Waals surface area contributed by atoms with E-state index in [-0.39, 0.29) is 30.9 Å². The fourth-order valence-corrected chi connectivity index (χ4v) is 7.21. The zero-order valence-corrected chi connectivity index (χ0v) is 32.2. The molecule has 4 aromatic carbocycles.